The average Bonchev–Trinajstić information content (AvgIpc) is 3.54. The van der Waals surface area contributed by atoms with Crippen molar-refractivity contribution in [1.29, 1.82) is 0 Å². The Hall–Kier alpha value is -4.03. The molecule has 0 fully saturated rings. The van der Waals surface area contributed by atoms with Gasteiger partial charge in [-0.3, -0.25) is 14.6 Å². The molecule has 186 valence electrons. The Balaban J connectivity index is 1.51. The maximum absolute atomic E-state index is 13.1. The molecule has 0 unspecified atom stereocenters. The summed E-state index contributed by atoms with van der Waals surface area (Å²) in [4.78, 5) is 33.3. The summed E-state index contributed by atoms with van der Waals surface area (Å²) in [6.45, 7) is 0. The van der Waals surface area contributed by atoms with Gasteiger partial charge in [0.1, 0.15) is 11.5 Å². The summed E-state index contributed by atoms with van der Waals surface area (Å²) in [7, 11) is -0.745. The Morgan fingerprint density at radius 2 is 1.89 bits per heavy atom. The van der Waals surface area contributed by atoms with Crippen LogP contribution in [-0.4, -0.2) is 52.5 Å². The van der Waals surface area contributed by atoms with Gasteiger partial charge in [-0.25, -0.2) is 17.7 Å². The molecule has 1 aliphatic rings. The summed E-state index contributed by atoms with van der Waals surface area (Å²) in [5.41, 5.74) is 1.86. The molecule has 0 spiro atoms. The van der Waals surface area contributed by atoms with E-state index < -0.39 is 15.9 Å². The molecule has 4 aromatic rings. The molecule has 0 aliphatic heterocycles. The van der Waals surface area contributed by atoms with E-state index in [2.05, 4.69) is 20.4 Å². The molecule has 5 rings (SSSR count). The third kappa shape index (κ3) is 4.36. The molecule has 1 aliphatic carbocycles. The van der Waals surface area contributed by atoms with E-state index in [0.717, 1.165) is 22.8 Å². The van der Waals surface area contributed by atoms with E-state index in [1.165, 1.54) is 49.3 Å². The first-order chi connectivity index (χ1) is 17.2. The van der Waals surface area contributed by atoms with Crippen molar-refractivity contribution < 1.29 is 17.6 Å². The van der Waals surface area contributed by atoms with Crippen LogP contribution in [0.25, 0.3) is 17.4 Å². The Morgan fingerprint density at radius 3 is 2.58 bits per heavy atom. The number of H-pyrrole nitrogens is 1. The van der Waals surface area contributed by atoms with Crippen molar-refractivity contribution in [2.75, 3.05) is 19.4 Å². The van der Waals surface area contributed by atoms with Crippen LogP contribution in [0.1, 0.15) is 34.5 Å². The third-order valence-corrected chi connectivity index (χ3v) is 7.83. The van der Waals surface area contributed by atoms with Gasteiger partial charge in [-0.1, -0.05) is 0 Å². The monoisotopic (exact) mass is 508 g/mol. The highest BCUT2D eigenvalue weighted by Gasteiger charge is 2.22. The minimum absolute atomic E-state index is 0.0741. The number of hydrogen-bond acceptors (Lipinski definition) is 7. The van der Waals surface area contributed by atoms with Crippen LogP contribution in [0, 0.1) is 0 Å². The molecular formula is C24H24N6O5S. The van der Waals surface area contributed by atoms with Gasteiger partial charge in [0.2, 0.25) is 16.0 Å². The standard InChI is InChI=1S/C24H24N6O5S/c1-29(2)36(33,34)16-11-9-15(10-12-16)22(31)26-21-14-19(20-8-5-13-35-20)28-30(21)24-25-18-7-4-3-6-17(18)23(32)27-24/h5,8-14H,3-4,6-7H2,1-2H3,(H,26,31)(H,25,27,32). The fraction of sp³-hybridized carbons (Fsp3) is 0.250. The number of sulfonamides is 1. The van der Waals surface area contributed by atoms with Gasteiger partial charge in [-0.15, -0.1) is 0 Å². The van der Waals surface area contributed by atoms with Crippen LogP contribution in [0.5, 0.6) is 0 Å². The number of carbonyl (C=O) groups excluding carboxylic acids is 1. The SMILES string of the molecule is CN(C)S(=O)(=O)c1ccc(C(=O)Nc2cc(-c3ccco3)nn2-c2nc3c(c(=O)[nH]2)CCCC3)cc1. The Bertz CT molecular complexity index is 1580. The fourth-order valence-electron chi connectivity index (χ4n) is 4.04. The number of hydrogen-bond donors (Lipinski definition) is 2. The number of anilines is 1. The molecule has 2 N–H and O–H groups in total. The van der Waals surface area contributed by atoms with Crippen molar-refractivity contribution in [3.05, 3.63) is 75.9 Å². The van der Waals surface area contributed by atoms with Crippen molar-refractivity contribution >= 4 is 21.7 Å². The van der Waals surface area contributed by atoms with Crippen LogP contribution < -0.4 is 10.9 Å². The summed E-state index contributed by atoms with van der Waals surface area (Å²) >= 11 is 0. The molecule has 1 aromatic carbocycles. The van der Waals surface area contributed by atoms with Crippen LogP contribution >= 0.6 is 0 Å². The predicted octanol–water partition coefficient (Wildman–Crippen LogP) is 2.60. The number of nitrogens with zero attached hydrogens (tertiary/aromatic N) is 4. The number of aryl methyl sites for hydroxylation is 1. The van der Waals surface area contributed by atoms with Crippen LogP contribution in [0.2, 0.25) is 0 Å². The quantitative estimate of drug-likeness (QED) is 0.407. The minimum Gasteiger partial charge on any atom is -0.463 e. The first-order valence-electron chi connectivity index (χ1n) is 11.3. The summed E-state index contributed by atoms with van der Waals surface area (Å²) in [5.74, 6) is 0.426. The van der Waals surface area contributed by atoms with E-state index in [4.69, 9.17) is 4.42 Å². The molecule has 3 aromatic heterocycles. The first kappa shape index (κ1) is 23.7. The molecule has 11 nitrogen and oxygen atoms in total. The number of aromatic nitrogens is 4. The number of rotatable bonds is 6. The Morgan fingerprint density at radius 1 is 1.14 bits per heavy atom. The number of benzene rings is 1. The second kappa shape index (κ2) is 9.21. The van der Waals surface area contributed by atoms with Crippen molar-refractivity contribution in [3.8, 4) is 17.4 Å². The maximum Gasteiger partial charge on any atom is 0.256 e. The van der Waals surface area contributed by atoms with Gasteiger partial charge < -0.3 is 9.73 Å². The normalized spacial score (nSPS) is 13.5. The number of fused-ring (bicyclic) bond motifs is 1. The van der Waals surface area contributed by atoms with Crippen LogP contribution in [0.4, 0.5) is 5.82 Å². The van der Waals surface area contributed by atoms with Crippen LogP contribution in [0.15, 0.2) is 62.8 Å². The molecule has 0 saturated heterocycles. The lowest BCUT2D eigenvalue weighted by Gasteiger charge is -2.15. The van der Waals surface area contributed by atoms with E-state index in [1.807, 2.05) is 0 Å². The molecule has 0 radical (unpaired) electrons. The lowest BCUT2D eigenvalue weighted by molar-refractivity contribution is 0.102. The van der Waals surface area contributed by atoms with Crippen molar-refractivity contribution in [3.63, 3.8) is 0 Å². The van der Waals surface area contributed by atoms with Gasteiger partial charge in [0, 0.05) is 31.3 Å². The molecule has 0 atom stereocenters. The van der Waals surface area contributed by atoms with E-state index in [0.29, 0.717) is 29.9 Å². The molecular weight excluding hydrogens is 484 g/mol. The van der Waals surface area contributed by atoms with E-state index in [-0.39, 0.29) is 27.8 Å². The number of nitrogens with one attached hydrogen (secondary N) is 2. The fourth-order valence-corrected chi connectivity index (χ4v) is 4.95. The zero-order valence-electron chi connectivity index (χ0n) is 19.7. The topological polar surface area (TPSA) is 143 Å². The second-order valence-electron chi connectivity index (χ2n) is 8.59. The largest absolute Gasteiger partial charge is 0.463 e. The average molecular weight is 509 g/mol. The summed E-state index contributed by atoms with van der Waals surface area (Å²) in [5, 5.41) is 7.30. The molecule has 0 saturated carbocycles. The van der Waals surface area contributed by atoms with Gasteiger partial charge in [0.15, 0.2) is 5.76 Å². The highest BCUT2D eigenvalue weighted by atomic mass is 32.2. The summed E-state index contributed by atoms with van der Waals surface area (Å²) in [6.07, 6.45) is 4.77. The minimum atomic E-state index is -3.62. The first-order valence-corrected chi connectivity index (χ1v) is 12.8. The molecule has 0 bridgehead atoms. The molecule has 3 heterocycles. The van der Waals surface area contributed by atoms with Crippen LogP contribution in [-0.2, 0) is 22.9 Å². The van der Waals surface area contributed by atoms with Crippen molar-refractivity contribution in [2.45, 2.75) is 30.6 Å². The predicted molar refractivity (Wildman–Crippen MR) is 132 cm³/mol. The van der Waals surface area contributed by atoms with Crippen LogP contribution in [0.3, 0.4) is 0 Å². The van der Waals surface area contributed by atoms with Gasteiger partial charge in [-0.2, -0.15) is 9.78 Å². The van der Waals surface area contributed by atoms with Crippen molar-refractivity contribution in [2.24, 2.45) is 0 Å². The van der Waals surface area contributed by atoms with E-state index >= 15 is 0 Å². The number of aromatic amines is 1. The van der Waals surface area contributed by atoms with Gasteiger partial charge in [0.05, 0.1) is 16.9 Å². The van der Waals surface area contributed by atoms with Gasteiger partial charge >= 0.3 is 0 Å². The lowest BCUT2D eigenvalue weighted by atomic mass is 9.97. The van der Waals surface area contributed by atoms with Crippen molar-refractivity contribution in [1.82, 2.24) is 24.1 Å². The zero-order valence-corrected chi connectivity index (χ0v) is 20.5. The molecule has 1 amide bonds. The lowest BCUT2D eigenvalue weighted by Crippen LogP contribution is -2.25. The Labute approximate surface area is 206 Å². The summed E-state index contributed by atoms with van der Waals surface area (Å²) < 4.78 is 32.5. The number of amides is 1. The smallest absolute Gasteiger partial charge is 0.256 e. The van der Waals surface area contributed by atoms with E-state index in [1.54, 1.807) is 18.2 Å². The maximum atomic E-state index is 13.1. The highest BCUT2D eigenvalue weighted by Crippen LogP contribution is 2.25. The highest BCUT2D eigenvalue weighted by molar-refractivity contribution is 7.89. The molecule has 12 heteroatoms. The van der Waals surface area contributed by atoms with Gasteiger partial charge in [-0.05, 0) is 62.1 Å². The molecule has 36 heavy (non-hydrogen) atoms. The Kier molecular flexibility index (Phi) is 6.06. The third-order valence-electron chi connectivity index (χ3n) is 6.00. The summed E-state index contributed by atoms with van der Waals surface area (Å²) in [6, 6.07) is 10.7. The number of carbonyl (C=O) groups is 1. The second-order valence-corrected chi connectivity index (χ2v) is 10.7. The van der Waals surface area contributed by atoms with E-state index in [9.17, 15) is 18.0 Å². The number of furan rings is 1. The van der Waals surface area contributed by atoms with Gasteiger partial charge in [0.25, 0.3) is 11.5 Å². The zero-order chi connectivity index (χ0) is 25.4.